The predicted molar refractivity (Wildman–Crippen MR) is 100 cm³/mol. The first-order chi connectivity index (χ1) is 13.1. The molecule has 148 valence electrons. The van der Waals surface area contributed by atoms with E-state index in [-0.39, 0.29) is 36.4 Å². The number of amides is 2. The fourth-order valence-electron chi connectivity index (χ4n) is 4.10. The molecule has 3 fully saturated rings. The van der Waals surface area contributed by atoms with Crippen LogP contribution in [0.3, 0.4) is 0 Å². The van der Waals surface area contributed by atoms with E-state index in [4.69, 9.17) is 25.8 Å². The number of ether oxygens (including phenoxy) is 3. The summed E-state index contributed by atoms with van der Waals surface area (Å²) in [7, 11) is 0. The van der Waals surface area contributed by atoms with Crippen LogP contribution in [0.25, 0.3) is 0 Å². The Labute approximate surface area is 164 Å². The molecule has 7 nitrogen and oxygen atoms in total. The van der Waals surface area contributed by atoms with Crippen molar-refractivity contribution in [2.24, 2.45) is 0 Å². The van der Waals surface area contributed by atoms with Crippen LogP contribution in [0, 0.1) is 6.92 Å². The van der Waals surface area contributed by atoms with Gasteiger partial charge in [-0.15, -0.1) is 0 Å². The highest BCUT2D eigenvalue weighted by Gasteiger charge is 2.49. The van der Waals surface area contributed by atoms with E-state index < -0.39 is 0 Å². The molecule has 0 bridgehead atoms. The van der Waals surface area contributed by atoms with Crippen LogP contribution in [0.5, 0.6) is 5.75 Å². The molecule has 4 rings (SSSR count). The van der Waals surface area contributed by atoms with Crippen molar-refractivity contribution in [1.29, 1.82) is 0 Å². The first-order valence-electron chi connectivity index (χ1n) is 9.69. The van der Waals surface area contributed by atoms with Crippen molar-refractivity contribution >= 4 is 17.6 Å². The summed E-state index contributed by atoms with van der Waals surface area (Å²) in [6.45, 7) is 2.72. The first-order valence-corrected chi connectivity index (χ1v) is 10.1. The zero-order valence-corrected chi connectivity index (χ0v) is 16.2. The molecule has 2 saturated heterocycles. The van der Waals surface area contributed by atoms with E-state index in [1.807, 2.05) is 13.0 Å². The van der Waals surface area contributed by atoms with Crippen LogP contribution >= 0.6 is 11.6 Å². The predicted octanol–water partition coefficient (Wildman–Crippen LogP) is 2.59. The average molecular weight is 396 g/mol. The Morgan fingerprint density at radius 2 is 1.96 bits per heavy atom. The zero-order valence-electron chi connectivity index (χ0n) is 15.4. The maximum atomic E-state index is 12.3. The van der Waals surface area contributed by atoms with E-state index in [2.05, 4.69) is 15.6 Å². The van der Waals surface area contributed by atoms with Crippen LogP contribution in [0.2, 0.25) is 5.15 Å². The maximum absolute atomic E-state index is 12.3. The van der Waals surface area contributed by atoms with Gasteiger partial charge in [0, 0.05) is 6.04 Å². The molecular weight excluding hydrogens is 370 g/mol. The molecule has 2 aliphatic heterocycles. The molecule has 2 N–H and O–H groups in total. The quantitative estimate of drug-likeness (QED) is 0.766. The zero-order chi connectivity index (χ0) is 18.8. The SMILES string of the molecule is Cc1cc(O[C@H]2CO[C@H]3[C@@H]2OC[C@@H]3NC(=O)NC2CCCCC2)cnc1Cl. The molecule has 1 aromatic heterocycles. The third-order valence-corrected chi connectivity index (χ3v) is 5.94. The number of aryl methyl sites for hydroxylation is 1. The van der Waals surface area contributed by atoms with Gasteiger partial charge in [0.25, 0.3) is 0 Å². The Balaban J connectivity index is 1.30. The lowest BCUT2D eigenvalue weighted by molar-refractivity contribution is 0.0302. The van der Waals surface area contributed by atoms with E-state index in [1.165, 1.54) is 19.3 Å². The van der Waals surface area contributed by atoms with Gasteiger partial charge in [-0.05, 0) is 31.4 Å². The number of hydrogen-bond donors (Lipinski definition) is 2. The first kappa shape index (κ1) is 18.8. The van der Waals surface area contributed by atoms with Crippen LogP contribution in [0.4, 0.5) is 4.79 Å². The lowest BCUT2D eigenvalue weighted by atomic mass is 9.96. The molecular formula is C19H26ClN3O4. The van der Waals surface area contributed by atoms with E-state index >= 15 is 0 Å². The minimum Gasteiger partial charge on any atom is -0.484 e. The molecule has 1 aliphatic carbocycles. The third kappa shape index (κ3) is 4.31. The molecule has 0 spiro atoms. The average Bonchev–Trinajstić information content (AvgIpc) is 3.23. The molecule has 1 aromatic rings. The van der Waals surface area contributed by atoms with Gasteiger partial charge >= 0.3 is 6.03 Å². The van der Waals surface area contributed by atoms with Gasteiger partial charge in [-0.25, -0.2) is 9.78 Å². The lowest BCUT2D eigenvalue weighted by Gasteiger charge is -2.24. The fourth-order valence-corrected chi connectivity index (χ4v) is 4.21. The van der Waals surface area contributed by atoms with Crippen molar-refractivity contribution in [1.82, 2.24) is 15.6 Å². The van der Waals surface area contributed by atoms with Gasteiger partial charge in [0.05, 0.1) is 25.5 Å². The summed E-state index contributed by atoms with van der Waals surface area (Å²) in [5.41, 5.74) is 0.857. The number of urea groups is 1. The molecule has 1 saturated carbocycles. The van der Waals surface area contributed by atoms with Crippen LogP contribution in [-0.4, -0.2) is 54.6 Å². The van der Waals surface area contributed by atoms with Crippen molar-refractivity contribution in [3.05, 3.63) is 23.0 Å². The number of hydrogen-bond acceptors (Lipinski definition) is 5. The number of pyridine rings is 1. The summed E-state index contributed by atoms with van der Waals surface area (Å²) < 4.78 is 17.8. The second-order valence-corrected chi connectivity index (χ2v) is 7.95. The minimum atomic E-state index is -0.231. The highest BCUT2D eigenvalue weighted by atomic mass is 35.5. The third-order valence-electron chi connectivity index (χ3n) is 5.54. The fraction of sp³-hybridized carbons (Fsp3) is 0.684. The van der Waals surface area contributed by atoms with Crippen molar-refractivity contribution in [3.63, 3.8) is 0 Å². The Morgan fingerprint density at radius 1 is 1.19 bits per heavy atom. The van der Waals surface area contributed by atoms with E-state index in [0.717, 1.165) is 18.4 Å². The van der Waals surface area contributed by atoms with Crippen molar-refractivity contribution in [2.75, 3.05) is 13.2 Å². The lowest BCUT2D eigenvalue weighted by Crippen LogP contribution is -2.51. The highest BCUT2D eigenvalue weighted by molar-refractivity contribution is 6.30. The summed E-state index contributed by atoms with van der Waals surface area (Å²) in [6.07, 6.45) is 6.71. The Bertz CT molecular complexity index is 683. The molecule has 3 heterocycles. The molecule has 27 heavy (non-hydrogen) atoms. The Kier molecular flexibility index (Phi) is 5.71. The second-order valence-electron chi connectivity index (χ2n) is 7.59. The molecule has 2 amide bonds. The maximum Gasteiger partial charge on any atom is 0.315 e. The highest BCUT2D eigenvalue weighted by Crippen LogP contribution is 2.30. The van der Waals surface area contributed by atoms with Gasteiger partial charge in [-0.1, -0.05) is 30.9 Å². The smallest absolute Gasteiger partial charge is 0.315 e. The standard InChI is InChI=1S/C19H26ClN3O4/c1-11-7-13(8-21-18(11)20)27-15-10-26-16-14(9-25-17(15)16)23-19(24)22-12-5-3-2-4-6-12/h7-8,12,14-17H,2-6,9-10H2,1H3,(H2,22,23,24)/t14-,15-,16+,17+/m0/s1. The largest absolute Gasteiger partial charge is 0.484 e. The molecule has 0 unspecified atom stereocenters. The summed E-state index contributed by atoms with van der Waals surface area (Å²) in [6, 6.07) is 1.82. The monoisotopic (exact) mass is 395 g/mol. The van der Waals surface area contributed by atoms with Gasteiger partial charge in [-0.3, -0.25) is 0 Å². The van der Waals surface area contributed by atoms with Gasteiger partial charge in [0.1, 0.15) is 23.1 Å². The number of carbonyl (C=O) groups is 1. The number of halogens is 1. The van der Waals surface area contributed by atoms with Crippen molar-refractivity contribution in [3.8, 4) is 5.75 Å². The Morgan fingerprint density at radius 3 is 2.74 bits per heavy atom. The van der Waals surface area contributed by atoms with E-state index in [9.17, 15) is 4.79 Å². The molecule has 4 atom stereocenters. The number of fused-ring (bicyclic) bond motifs is 1. The summed E-state index contributed by atoms with van der Waals surface area (Å²) in [4.78, 5) is 16.4. The molecule has 0 aromatic carbocycles. The molecule has 0 radical (unpaired) electrons. The number of rotatable bonds is 4. The van der Waals surface area contributed by atoms with Crippen LogP contribution in [0.1, 0.15) is 37.7 Å². The number of aromatic nitrogens is 1. The molecule has 3 aliphatic rings. The van der Waals surface area contributed by atoms with Crippen LogP contribution in [-0.2, 0) is 9.47 Å². The normalized spacial score (nSPS) is 30.7. The van der Waals surface area contributed by atoms with Crippen LogP contribution in [0.15, 0.2) is 12.3 Å². The van der Waals surface area contributed by atoms with E-state index in [0.29, 0.717) is 24.1 Å². The van der Waals surface area contributed by atoms with Crippen molar-refractivity contribution < 1.29 is 19.0 Å². The number of nitrogens with zero attached hydrogens (tertiary/aromatic N) is 1. The number of carbonyl (C=O) groups excluding carboxylic acids is 1. The second kappa shape index (κ2) is 8.20. The van der Waals surface area contributed by atoms with Gasteiger partial charge < -0.3 is 24.8 Å². The summed E-state index contributed by atoms with van der Waals surface area (Å²) >= 11 is 5.96. The van der Waals surface area contributed by atoms with Gasteiger partial charge in [0.2, 0.25) is 0 Å². The Hall–Kier alpha value is -1.57. The van der Waals surface area contributed by atoms with Crippen molar-refractivity contribution in [2.45, 2.75) is 69.4 Å². The van der Waals surface area contributed by atoms with E-state index in [1.54, 1.807) is 6.20 Å². The van der Waals surface area contributed by atoms with Gasteiger partial charge in [-0.2, -0.15) is 0 Å². The molecule has 8 heteroatoms. The topological polar surface area (TPSA) is 81.7 Å². The number of nitrogens with one attached hydrogen (secondary N) is 2. The summed E-state index contributed by atoms with van der Waals surface area (Å²) in [5.74, 6) is 0.640. The van der Waals surface area contributed by atoms with Gasteiger partial charge in [0.15, 0.2) is 6.10 Å². The summed E-state index contributed by atoms with van der Waals surface area (Å²) in [5, 5.41) is 6.55. The minimum absolute atomic E-state index is 0.137. The van der Waals surface area contributed by atoms with Crippen LogP contribution < -0.4 is 15.4 Å².